The van der Waals surface area contributed by atoms with Crippen LogP contribution in [0.2, 0.25) is 0 Å². The van der Waals surface area contributed by atoms with E-state index in [0.717, 1.165) is 51.4 Å². The molecule has 8 atom stereocenters. The first-order valence-electron chi connectivity index (χ1n) is 14.0. The van der Waals surface area contributed by atoms with Crippen molar-refractivity contribution in [2.75, 3.05) is 27.7 Å². The normalized spacial score (nSPS) is 37.0. The number of allylic oxidation sites excluding steroid dienone is 1. The van der Waals surface area contributed by atoms with Crippen LogP contribution < -0.4 is 16.0 Å². The topological polar surface area (TPSA) is 115 Å². The van der Waals surface area contributed by atoms with Crippen LogP contribution >= 0.6 is 0 Å². The predicted molar refractivity (Wildman–Crippen MR) is 139 cm³/mol. The molecule has 0 bridgehead atoms. The Labute approximate surface area is 220 Å². The van der Waals surface area contributed by atoms with Gasteiger partial charge in [0, 0.05) is 39.9 Å². The average Bonchev–Trinajstić information content (AvgIpc) is 3.25. The van der Waals surface area contributed by atoms with Crippen molar-refractivity contribution in [2.24, 2.45) is 34.5 Å². The molecule has 3 N–H and O–H groups in total. The van der Waals surface area contributed by atoms with Crippen molar-refractivity contribution in [2.45, 2.75) is 83.8 Å². The van der Waals surface area contributed by atoms with Crippen LogP contribution in [0.15, 0.2) is 11.6 Å². The van der Waals surface area contributed by atoms with Crippen LogP contribution in [0.1, 0.15) is 71.6 Å². The maximum Gasteiger partial charge on any atom is 0.407 e. The highest BCUT2D eigenvalue weighted by atomic mass is 16.6. The van der Waals surface area contributed by atoms with Gasteiger partial charge in [-0.3, -0.25) is 0 Å². The van der Waals surface area contributed by atoms with Gasteiger partial charge in [0.1, 0.15) is 12.2 Å². The van der Waals surface area contributed by atoms with Gasteiger partial charge in [0.2, 0.25) is 0 Å². The van der Waals surface area contributed by atoms with Crippen molar-refractivity contribution in [1.29, 1.82) is 0 Å². The molecule has 37 heavy (non-hydrogen) atoms. The zero-order valence-corrected chi connectivity index (χ0v) is 23.1. The van der Waals surface area contributed by atoms with Crippen molar-refractivity contribution < 1.29 is 28.6 Å². The van der Waals surface area contributed by atoms with Crippen LogP contribution in [0, 0.1) is 34.5 Å². The fourth-order valence-electron chi connectivity index (χ4n) is 8.47. The number of carbonyl (C=O) groups is 3. The maximum absolute atomic E-state index is 12.2. The highest BCUT2D eigenvalue weighted by Crippen LogP contribution is 2.67. The molecule has 0 aromatic heterocycles. The fourth-order valence-corrected chi connectivity index (χ4v) is 8.47. The van der Waals surface area contributed by atoms with Gasteiger partial charge in [-0.05, 0) is 73.5 Å². The van der Waals surface area contributed by atoms with Gasteiger partial charge in [-0.15, -0.1) is 0 Å². The number of hydrogen-bond donors (Lipinski definition) is 3. The molecule has 9 nitrogen and oxygen atoms in total. The molecule has 3 saturated carbocycles. The summed E-state index contributed by atoms with van der Waals surface area (Å²) in [5, 5.41) is 7.64. The summed E-state index contributed by atoms with van der Waals surface area (Å²) in [6.45, 7) is 5.06. The lowest BCUT2D eigenvalue weighted by molar-refractivity contribution is -0.0753. The lowest BCUT2D eigenvalue weighted by atomic mass is 9.47. The lowest BCUT2D eigenvalue weighted by Crippen LogP contribution is -2.52. The van der Waals surface area contributed by atoms with Crippen LogP contribution in [0.25, 0.3) is 0 Å². The van der Waals surface area contributed by atoms with Gasteiger partial charge in [-0.25, -0.2) is 14.4 Å². The quantitative estimate of drug-likeness (QED) is 0.344. The highest BCUT2D eigenvalue weighted by molar-refractivity contribution is 5.67. The van der Waals surface area contributed by atoms with E-state index in [2.05, 4.69) is 35.9 Å². The molecule has 4 aliphatic carbocycles. The largest absolute Gasteiger partial charge is 0.449 e. The minimum Gasteiger partial charge on any atom is -0.449 e. The van der Waals surface area contributed by atoms with Crippen molar-refractivity contribution in [3.8, 4) is 0 Å². The standard InChI is InChI=1S/C28H45N3O6/c1-27-13-10-18(36-25(33)30-4)16-17(27)6-7-19-20-8-9-22(28(20,2)14-11-21(19)27)23(37-26(34)31-5)12-15-35-24(32)29-3/h6,18-23H,7-16H2,1-5H3,(H,29,32)(H,30,33)(H,31,34)/t18-,19-,20-,21-,22+,23+,27-,28-/m0/s1. The Morgan fingerprint density at radius 1 is 0.946 bits per heavy atom. The summed E-state index contributed by atoms with van der Waals surface area (Å²) < 4.78 is 16.8. The minimum atomic E-state index is -0.469. The number of nitrogens with one attached hydrogen (secondary N) is 3. The molecular weight excluding hydrogens is 474 g/mol. The molecule has 4 aliphatic rings. The van der Waals surface area contributed by atoms with E-state index in [1.54, 1.807) is 14.1 Å². The molecule has 9 heteroatoms. The van der Waals surface area contributed by atoms with Crippen LogP contribution in [0.5, 0.6) is 0 Å². The maximum atomic E-state index is 12.2. The Balaban J connectivity index is 1.49. The van der Waals surface area contributed by atoms with Gasteiger partial charge in [-0.2, -0.15) is 0 Å². The van der Waals surface area contributed by atoms with Crippen molar-refractivity contribution in [3.05, 3.63) is 11.6 Å². The third-order valence-corrected chi connectivity index (χ3v) is 10.4. The van der Waals surface area contributed by atoms with Crippen molar-refractivity contribution in [1.82, 2.24) is 16.0 Å². The second-order valence-corrected chi connectivity index (χ2v) is 11.9. The Morgan fingerprint density at radius 2 is 1.68 bits per heavy atom. The predicted octanol–water partition coefficient (Wildman–Crippen LogP) is 4.76. The van der Waals surface area contributed by atoms with Crippen LogP contribution in [-0.2, 0) is 14.2 Å². The fraction of sp³-hybridized carbons (Fsp3) is 0.821. The molecule has 0 heterocycles. The number of alkyl carbamates (subject to hydrolysis) is 3. The van der Waals surface area contributed by atoms with Gasteiger partial charge >= 0.3 is 18.3 Å². The summed E-state index contributed by atoms with van der Waals surface area (Å²) in [7, 11) is 4.71. The van der Waals surface area contributed by atoms with Crippen molar-refractivity contribution in [3.63, 3.8) is 0 Å². The molecule has 0 aliphatic heterocycles. The van der Waals surface area contributed by atoms with E-state index in [1.165, 1.54) is 12.6 Å². The number of carbonyl (C=O) groups excluding carboxylic acids is 3. The molecule has 0 spiro atoms. The third kappa shape index (κ3) is 5.28. The van der Waals surface area contributed by atoms with E-state index in [4.69, 9.17) is 14.2 Å². The summed E-state index contributed by atoms with van der Waals surface area (Å²) in [5.41, 5.74) is 1.71. The smallest absolute Gasteiger partial charge is 0.407 e. The van der Waals surface area contributed by atoms with Gasteiger partial charge in [0.25, 0.3) is 0 Å². The first-order valence-corrected chi connectivity index (χ1v) is 14.0. The van der Waals surface area contributed by atoms with E-state index in [0.29, 0.717) is 24.2 Å². The Morgan fingerprint density at radius 3 is 2.38 bits per heavy atom. The van der Waals surface area contributed by atoms with E-state index in [9.17, 15) is 14.4 Å². The second kappa shape index (κ2) is 11.1. The number of rotatable bonds is 6. The molecule has 0 saturated heterocycles. The highest BCUT2D eigenvalue weighted by Gasteiger charge is 2.60. The molecule has 0 aromatic carbocycles. The summed E-state index contributed by atoms with van der Waals surface area (Å²) in [6.07, 6.45) is 9.64. The van der Waals surface area contributed by atoms with Crippen LogP contribution in [-0.4, -0.2) is 58.2 Å². The Kier molecular flexibility index (Phi) is 8.29. The molecule has 0 aromatic rings. The van der Waals surface area contributed by atoms with Gasteiger partial charge < -0.3 is 30.2 Å². The van der Waals surface area contributed by atoms with E-state index >= 15 is 0 Å². The summed E-state index contributed by atoms with van der Waals surface area (Å²) in [5.74, 6) is 2.04. The zero-order chi connectivity index (χ0) is 26.8. The number of hydrogen-bond acceptors (Lipinski definition) is 6. The molecule has 0 unspecified atom stereocenters. The first kappa shape index (κ1) is 27.6. The zero-order valence-electron chi connectivity index (χ0n) is 23.1. The molecule has 208 valence electrons. The molecule has 0 radical (unpaired) electrons. The SMILES string of the molecule is CNC(=O)OCC[C@@H](OC(=O)NC)[C@H]1CC[C@H]2[C@@H]3CC=C4C[C@@H](OC(=O)NC)CC[C@]4(C)[C@H]3CC[C@]12C. The first-order chi connectivity index (χ1) is 17.7. The third-order valence-electron chi connectivity index (χ3n) is 10.4. The number of fused-ring (bicyclic) bond motifs is 5. The Hall–Kier alpha value is -2.45. The molecule has 3 fully saturated rings. The van der Waals surface area contributed by atoms with E-state index in [1.807, 2.05) is 0 Å². The summed E-state index contributed by atoms with van der Waals surface area (Å²) >= 11 is 0. The summed E-state index contributed by atoms with van der Waals surface area (Å²) in [6, 6.07) is 0. The van der Waals surface area contributed by atoms with Gasteiger partial charge in [0.15, 0.2) is 0 Å². The summed E-state index contributed by atoms with van der Waals surface area (Å²) in [4.78, 5) is 35.6. The average molecular weight is 520 g/mol. The number of ether oxygens (including phenoxy) is 3. The Bertz CT molecular complexity index is 908. The number of amides is 3. The van der Waals surface area contributed by atoms with Gasteiger partial charge in [0.05, 0.1) is 6.61 Å². The van der Waals surface area contributed by atoms with Crippen LogP contribution in [0.3, 0.4) is 0 Å². The molecule has 3 amide bonds. The molecule has 4 rings (SSSR count). The van der Waals surface area contributed by atoms with E-state index < -0.39 is 12.2 Å². The second-order valence-electron chi connectivity index (χ2n) is 11.9. The van der Waals surface area contributed by atoms with Gasteiger partial charge in [-0.1, -0.05) is 25.5 Å². The minimum absolute atomic E-state index is 0.0415. The van der Waals surface area contributed by atoms with Crippen molar-refractivity contribution >= 4 is 18.3 Å². The monoisotopic (exact) mass is 519 g/mol. The van der Waals surface area contributed by atoms with Crippen LogP contribution in [0.4, 0.5) is 14.4 Å². The molecular formula is C28H45N3O6. The lowest BCUT2D eigenvalue weighted by Gasteiger charge is -2.58. The van der Waals surface area contributed by atoms with E-state index in [-0.39, 0.29) is 41.7 Å².